The lowest BCUT2D eigenvalue weighted by Crippen LogP contribution is -2.43. The number of aromatic nitrogens is 1. The third kappa shape index (κ3) is 4.28. The third-order valence-corrected chi connectivity index (χ3v) is 2.98. The number of aliphatic hydroxyl groups is 1. The second-order valence-corrected chi connectivity index (χ2v) is 4.81. The summed E-state index contributed by atoms with van der Waals surface area (Å²) < 4.78 is 17.5. The fraction of sp³-hybridized carbons (Fsp3) is 0.286. The molecule has 2 rings (SSSR count). The number of benzene rings is 1. The highest BCUT2D eigenvalue weighted by atomic mass is 19.1. The zero-order valence-corrected chi connectivity index (χ0v) is 11.5. The third-order valence-electron chi connectivity index (χ3n) is 2.98. The van der Waals surface area contributed by atoms with E-state index in [1.165, 1.54) is 37.5 Å². The zero-order valence-electron chi connectivity index (χ0n) is 11.5. The Balaban J connectivity index is 1.83. The van der Waals surface area contributed by atoms with Crippen molar-refractivity contribution in [1.29, 1.82) is 0 Å². The largest absolute Gasteiger partial charge is 0.384 e. The minimum atomic E-state index is -1.29. The van der Waals surface area contributed by atoms with Gasteiger partial charge in [-0.15, -0.1) is 0 Å². The summed E-state index contributed by atoms with van der Waals surface area (Å²) in [5, 5.41) is 19.1. The number of hydrogen-bond donors (Lipinski definition) is 3. The van der Waals surface area contributed by atoms with Gasteiger partial charge in [0.1, 0.15) is 23.4 Å². The Morgan fingerprint density at radius 3 is 2.67 bits per heavy atom. The average molecular weight is 293 g/mol. The molecule has 1 aromatic heterocycles. The number of carbonyl (C=O) groups is 1. The molecule has 0 bridgehead atoms. The summed E-state index contributed by atoms with van der Waals surface area (Å²) in [4.78, 5) is 11.6. The summed E-state index contributed by atoms with van der Waals surface area (Å²) in [6, 6.07) is 6.66. The van der Waals surface area contributed by atoms with Crippen LogP contribution in [-0.4, -0.2) is 22.8 Å². The lowest BCUT2D eigenvalue weighted by atomic mass is 9.96. The minimum Gasteiger partial charge on any atom is -0.384 e. The first kappa shape index (κ1) is 15.0. The Morgan fingerprint density at radius 2 is 2.05 bits per heavy atom. The molecule has 0 unspecified atom stereocenters. The van der Waals surface area contributed by atoms with Crippen LogP contribution in [0.15, 0.2) is 41.1 Å². The molecule has 0 radical (unpaired) electrons. The van der Waals surface area contributed by atoms with E-state index in [1.54, 1.807) is 6.07 Å². The topological polar surface area (TPSA) is 87.4 Å². The van der Waals surface area contributed by atoms with Crippen molar-refractivity contribution in [3.63, 3.8) is 0 Å². The van der Waals surface area contributed by atoms with Gasteiger partial charge in [-0.1, -0.05) is 17.3 Å². The van der Waals surface area contributed by atoms with Crippen LogP contribution >= 0.6 is 0 Å². The van der Waals surface area contributed by atoms with Crippen molar-refractivity contribution in [2.75, 3.05) is 6.54 Å². The second kappa shape index (κ2) is 6.36. The number of amides is 2. The molecule has 1 atom stereocenters. The van der Waals surface area contributed by atoms with Crippen LogP contribution in [0.3, 0.4) is 0 Å². The van der Waals surface area contributed by atoms with E-state index in [0.29, 0.717) is 11.3 Å². The summed E-state index contributed by atoms with van der Waals surface area (Å²) in [6.45, 7) is 1.75. The molecular weight excluding hydrogens is 277 g/mol. The fourth-order valence-electron chi connectivity index (χ4n) is 1.73. The van der Waals surface area contributed by atoms with Crippen LogP contribution in [-0.2, 0) is 12.1 Å². The summed E-state index contributed by atoms with van der Waals surface area (Å²) >= 11 is 0. The van der Waals surface area contributed by atoms with Crippen LogP contribution in [0.1, 0.15) is 18.2 Å². The molecule has 0 fully saturated rings. The monoisotopic (exact) mass is 293 g/mol. The van der Waals surface area contributed by atoms with E-state index in [1.807, 2.05) is 0 Å². The molecule has 7 heteroatoms. The van der Waals surface area contributed by atoms with E-state index >= 15 is 0 Å². The van der Waals surface area contributed by atoms with Gasteiger partial charge in [0.05, 0.1) is 13.1 Å². The van der Waals surface area contributed by atoms with E-state index < -0.39 is 11.6 Å². The molecule has 3 N–H and O–H groups in total. The van der Waals surface area contributed by atoms with Crippen LogP contribution in [0, 0.1) is 5.82 Å². The summed E-state index contributed by atoms with van der Waals surface area (Å²) in [5.41, 5.74) is -0.185. The molecule has 0 spiro atoms. The molecule has 0 saturated carbocycles. The first-order valence-corrected chi connectivity index (χ1v) is 6.37. The van der Waals surface area contributed by atoms with Crippen LogP contribution in [0.4, 0.5) is 9.18 Å². The number of halogens is 1. The lowest BCUT2D eigenvalue weighted by Gasteiger charge is -2.24. The Labute approximate surface area is 120 Å². The van der Waals surface area contributed by atoms with Crippen LogP contribution in [0.5, 0.6) is 0 Å². The van der Waals surface area contributed by atoms with Gasteiger partial charge in [0.15, 0.2) is 0 Å². The van der Waals surface area contributed by atoms with Gasteiger partial charge in [0.25, 0.3) is 0 Å². The number of hydrogen-bond acceptors (Lipinski definition) is 4. The predicted octanol–water partition coefficient (Wildman–Crippen LogP) is 1.52. The quantitative estimate of drug-likeness (QED) is 0.780. The van der Waals surface area contributed by atoms with E-state index in [9.17, 15) is 14.3 Å². The predicted molar refractivity (Wildman–Crippen MR) is 72.7 cm³/mol. The van der Waals surface area contributed by atoms with Gasteiger partial charge in [0.2, 0.25) is 0 Å². The van der Waals surface area contributed by atoms with E-state index in [2.05, 4.69) is 20.3 Å². The van der Waals surface area contributed by atoms with Crippen molar-refractivity contribution < 1.29 is 18.8 Å². The van der Waals surface area contributed by atoms with Gasteiger partial charge in [0, 0.05) is 6.07 Å². The molecule has 21 heavy (non-hydrogen) atoms. The average Bonchev–Trinajstić information content (AvgIpc) is 2.97. The highest BCUT2D eigenvalue weighted by molar-refractivity contribution is 5.73. The standard InChI is InChI=1S/C14H16FN3O3/c1-14(20,10-2-4-11(15)5-3-10)9-17-13(19)16-8-12-6-7-21-18-12/h2-7,20H,8-9H2,1H3,(H2,16,17,19)/t14-/m1/s1. The highest BCUT2D eigenvalue weighted by Crippen LogP contribution is 2.19. The van der Waals surface area contributed by atoms with Crippen molar-refractivity contribution in [2.24, 2.45) is 0 Å². The van der Waals surface area contributed by atoms with Crippen molar-refractivity contribution in [2.45, 2.75) is 19.1 Å². The summed E-state index contributed by atoms with van der Waals surface area (Å²) in [6.07, 6.45) is 1.41. The van der Waals surface area contributed by atoms with Crippen molar-refractivity contribution in [1.82, 2.24) is 15.8 Å². The number of nitrogens with one attached hydrogen (secondary N) is 2. The smallest absolute Gasteiger partial charge is 0.315 e. The highest BCUT2D eigenvalue weighted by Gasteiger charge is 2.23. The van der Waals surface area contributed by atoms with E-state index in [0.717, 1.165) is 0 Å². The summed E-state index contributed by atoms with van der Waals surface area (Å²) in [7, 11) is 0. The van der Waals surface area contributed by atoms with Gasteiger partial charge in [-0.3, -0.25) is 0 Å². The molecule has 112 valence electrons. The fourth-order valence-corrected chi connectivity index (χ4v) is 1.73. The normalized spacial score (nSPS) is 13.5. The van der Waals surface area contributed by atoms with Crippen molar-refractivity contribution in [3.05, 3.63) is 53.7 Å². The molecular formula is C14H16FN3O3. The molecule has 0 saturated heterocycles. The van der Waals surface area contributed by atoms with Crippen molar-refractivity contribution >= 4 is 6.03 Å². The molecule has 0 aliphatic rings. The van der Waals surface area contributed by atoms with Crippen LogP contribution in [0.2, 0.25) is 0 Å². The number of nitrogens with zero attached hydrogens (tertiary/aromatic N) is 1. The van der Waals surface area contributed by atoms with Gasteiger partial charge in [-0.25, -0.2) is 9.18 Å². The van der Waals surface area contributed by atoms with Gasteiger partial charge < -0.3 is 20.3 Å². The molecule has 2 amide bonds. The van der Waals surface area contributed by atoms with Gasteiger partial charge in [-0.2, -0.15) is 0 Å². The Morgan fingerprint density at radius 1 is 1.33 bits per heavy atom. The molecule has 1 heterocycles. The first-order chi connectivity index (χ1) is 9.97. The number of rotatable bonds is 5. The minimum absolute atomic E-state index is 0.0106. The lowest BCUT2D eigenvalue weighted by molar-refractivity contribution is 0.0593. The number of urea groups is 1. The number of carbonyl (C=O) groups excluding carboxylic acids is 1. The molecule has 1 aromatic carbocycles. The summed E-state index contributed by atoms with van der Waals surface area (Å²) in [5.74, 6) is -0.382. The first-order valence-electron chi connectivity index (χ1n) is 6.37. The second-order valence-electron chi connectivity index (χ2n) is 4.81. The van der Waals surface area contributed by atoms with E-state index in [-0.39, 0.29) is 18.9 Å². The molecule has 0 aliphatic carbocycles. The van der Waals surface area contributed by atoms with Gasteiger partial charge >= 0.3 is 6.03 Å². The Hall–Kier alpha value is -2.41. The van der Waals surface area contributed by atoms with E-state index in [4.69, 9.17) is 0 Å². The molecule has 2 aromatic rings. The van der Waals surface area contributed by atoms with Crippen molar-refractivity contribution in [3.8, 4) is 0 Å². The maximum absolute atomic E-state index is 12.8. The maximum Gasteiger partial charge on any atom is 0.315 e. The molecule has 0 aliphatic heterocycles. The zero-order chi connectivity index (χ0) is 15.3. The molecule has 6 nitrogen and oxygen atoms in total. The Kier molecular flexibility index (Phi) is 4.54. The van der Waals surface area contributed by atoms with Crippen LogP contribution < -0.4 is 10.6 Å². The maximum atomic E-state index is 12.8. The SMILES string of the molecule is C[C@@](O)(CNC(=O)NCc1ccon1)c1ccc(F)cc1. The Bertz CT molecular complexity index is 582. The van der Waals surface area contributed by atoms with Gasteiger partial charge in [-0.05, 0) is 24.6 Å². The van der Waals surface area contributed by atoms with Crippen LogP contribution in [0.25, 0.3) is 0 Å².